The fraction of sp³-hybridized carbons (Fsp3) is 0.708. The summed E-state index contributed by atoms with van der Waals surface area (Å²) in [4.78, 5) is 14.6. The van der Waals surface area contributed by atoms with Gasteiger partial charge in [0.1, 0.15) is 0 Å². The quantitative estimate of drug-likeness (QED) is 0.748. The number of alkyl halides is 2. The Labute approximate surface area is 174 Å². The molecule has 1 aromatic heterocycles. The smallest absolute Gasteiger partial charge is 0.261 e. The van der Waals surface area contributed by atoms with Gasteiger partial charge in [-0.2, -0.15) is 0 Å². The van der Waals surface area contributed by atoms with E-state index in [-0.39, 0.29) is 24.4 Å². The lowest BCUT2D eigenvalue weighted by Gasteiger charge is -2.25. The van der Waals surface area contributed by atoms with Crippen LogP contribution in [-0.2, 0) is 6.54 Å². The number of hydrogen-bond donors (Lipinski definition) is 0. The number of hydrogen-bond acceptors (Lipinski definition) is 2. The number of rotatable bonds is 3. The van der Waals surface area contributed by atoms with E-state index >= 15 is 0 Å². The fourth-order valence-electron chi connectivity index (χ4n) is 4.21. The van der Waals surface area contributed by atoms with Crippen molar-refractivity contribution in [2.45, 2.75) is 86.2 Å². The first-order chi connectivity index (χ1) is 13.7. The van der Waals surface area contributed by atoms with E-state index in [1.54, 1.807) is 4.90 Å². The summed E-state index contributed by atoms with van der Waals surface area (Å²) in [5.41, 5.74) is 1.68. The molecule has 0 spiro atoms. The lowest BCUT2D eigenvalue weighted by Crippen LogP contribution is -2.50. The van der Waals surface area contributed by atoms with Crippen molar-refractivity contribution in [1.82, 2.24) is 9.47 Å². The van der Waals surface area contributed by atoms with E-state index in [0.717, 1.165) is 22.7 Å². The molecule has 0 N–H and O–H groups in total. The van der Waals surface area contributed by atoms with Gasteiger partial charge in [-0.25, -0.2) is 8.78 Å². The molecule has 0 aromatic carbocycles. The number of aromatic nitrogens is 1. The van der Waals surface area contributed by atoms with Crippen molar-refractivity contribution >= 4 is 12.2 Å². The van der Waals surface area contributed by atoms with Crippen LogP contribution in [0.15, 0.2) is 4.79 Å². The van der Waals surface area contributed by atoms with Crippen LogP contribution in [0.1, 0.15) is 78.1 Å². The normalized spacial score (nSPS) is 23.5. The van der Waals surface area contributed by atoms with Gasteiger partial charge < -0.3 is 4.57 Å². The molecule has 0 bridgehead atoms. The van der Waals surface area contributed by atoms with Crippen molar-refractivity contribution in [3.8, 4) is 0 Å². The maximum absolute atomic E-state index is 13.5. The van der Waals surface area contributed by atoms with Gasteiger partial charge in [0.25, 0.3) is 5.92 Å². The molecule has 2 unspecified atom stereocenters. The van der Waals surface area contributed by atoms with E-state index in [0.29, 0.717) is 30.5 Å². The third-order valence-corrected chi connectivity index (χ3v) is 5.63. The summed E-state index contributed by atoms with van der Waals surface area (Å²) in [6.45, 7) is 14.9. The molecule has 164 valence electrons. The molecular weight excluding hydrogens is 370 g/mol. The lowest BCUT2D eigenvalue weighted by molar-refractivity contribution is 0.0112. The summed E-state index contributed by atoms with van der Waals surface area (Å²) in [6, 6.07) is 0.191. The molecule has 0 amide bonds. The van der Waals surface area contributed by atoms with Gasteiger partial charge in [-0.15, -0.1) is 0 Å². The molecule has 1 aromatic rings. The van der Waals surface area contributed by atoms with E-state index in [2.05, 4.69) is 44.4 Å². The summed E-state index contributed by atoms with van der Waals surface area (Å²) in [7, 11) is 0. The van der Waals surface area contributed by atoms with E-state index in [9.17, 15) is 13.6 Å². The highest BCUT2D eigenvalue weighted by Gasteiger charge is 2.39. The molecule has 5 heteroatoms. The molecule has 1 saturated carbocycles. The minimum atomic E-state index is -2.60. The summed E-state index contributed by atoms with van der Waals surface area (Å²) >= 11 is 0. The van der Waals surface area contributed by atoms with Crippen LogP contribution in [0.25, 0.3) is 12.2 Å². The zero-order chi connectivity index (χ0) is 21.9. The van der Waals surface area contributed by atoms with Crippen molar-refractivity contribution < 1.29 is 8.78 Å². The Bertz CT molecular complexity index is 886. The maximum atomic E-state index is 13.5. The van der Waals surface area contributed by atoms with Crippen LogP contribution in [0, 0.1) is 18.8 Å². The van der Waals surface area contributed by atoms with Crippen LogP contribution >= 0.6 is 0 Å². The first kappa shape index (κ1) is 23.8. The summed E-state index contributed by atoms with van der Waals surface area (Å²) in [5, 5.41) is 1.82. The third-order valence-electron chi connectivity index (χ3n) is 5.63. The third kappa shape index (κ3) is 5.17. The zero-order valence-corrected chi connectivity index (χ0v) is 19.2. The number of likely N-dealkylation sites (tertiary alicyclic amines) is 1. The van der Waals surface area contributed by atoms with Gasteiger partial charge in [-0.1, -0.05) is 46.3 Å². The molecule has 2 aliphatic carbocycles. The molecule has 2 heterocycles. The Hall–Kier alpha value is -1.49. The topological polar surface area (TPSA) is 25.2 Å². The molecule has 3 nitrogen and oxygen atoms in total. The second-order valence-corrected chi connectivity index (χ2v) is 8.58. The highest BCUT2D eigenvalue weighted by molar-refractivity contribution is 5.49. The van der Waals surface area contributed by atoms with Gasteiger partial charge in [0.05, 0.1) is 6.54 Å². The first-order valence-electron chi connectivity index (χ1n) is 11.3. The first-order valence-corrected chi connectivity index (χ1v) is 11.3. The van der Waals surface area contributed by atoms with Gasteiger partial charge in [-0.3, -0.25) is 9.69 Å². The van der Waals surface area contributed by atoms with E-state index < -0.39 is 5.92 Å². The average Bonchev–Trinajstić information content (AvgIpc) is 3.34. The second kappa shape index (κ2) is 9.55. The van der Waals surface area contributed by atoms with Crippen LogP contribution < -0.4 is 16.0 Å². The van der Waals surface area contributed by atoms with Crippen LogP contribution in [0.2, 0.25) is 0 Å². The van der Waals surface area contributed by atoms with E-state index in [4.69, 9.17) is 0 Å². The minimum Gasteiger partial charge on any atom is -0.341 e. The Morgan fingerprint density at radius 3 is 2.28 bits per heavy atom. The molecule has 2 fully saturated rings. The van der Waals surface area contributed by atoms with Crippen LogP contribution in [-0.4, -0.2) is 28.5 Å². The van der Waals surface area contributed by atoms with E-state index in [1.807, 2.05) is 20.8 Å². The van der Waals surface area contributed by atoms with E-state index in [1.165, 1.54) is 6.42 Å². The number of nitrogens with zero attached hydrogens (tertiary/aromatic N) is 2. The highest BCUT2D eigenvalue weighted by Crippen LogP contribution is 2.41. The van der Waals surface area contributed by atoms with Crippen LogP contribution in [0.3, 0.4) is 0 Å². The van der Waals surface area contributed by atoms with Crippen molar-refractivity contribution in [3.05, 3.63) is 32.0 Å². The average molecular weight is 409 g/mol. The zero-order valence-electron chi connectivity index (χ0n) is 19.2. The second-order valence-electron chi connectivity index (χ2n) is 8.58. The Kier molecular flexibility index (Phi) is 7.83. The predicted octanol–water partition coefficient (Wildman–Crippen LogP) is 4.23. The standard InChI is InChI=1S/C19H24F2N2O.C3H8.C2H6/c1-11(2)23-16-8-14-6-13(14)7-15(16)18(24)12(3)17(23)9-22-5-4-19(20,21)10-22;1-3-2;1-2/h7-8,11,13-14H,4-6,9-10H2,1-3H3;3H2,1-2H3;1-2H3. The van der Waals surface area contributed by atoms with Gasteiger partial charge in [0.2, 0.25) is 0 Å². The van der Waals surface area contributed by atoms with Crippen molar-refractivity contribution in [2.24, 2.45) is 11.8 Å². The Balaban J connectivity index is 0.000000551. The lowest BCUT2D eigenvalue weighted by atomic mass is 10.1. The molecule has 1 saturated heterocycles. The van der Waals surface area contributed by atoms with Gasteiger partial charge in [0.15, 0.2) is 5.43 Å². The van der Waals surface area contributed by atoms with Crippen LogP contribution in [0.5, 0.6) is 0 Å². The van der Waals surface area contributed by atoms with Gasteiger partial charge >= 0.3 is 0 Å². The van der Waals surface area contributed by atoms with Crippen molar-refractivity contribution in [2.75, 3.05) is 13.1 Å². The fourth-order valence-corrected chi connectivity index (χ4v) is 4.21. The largest absolute Gasteiger partial charge is 0.341 e. The number of halogens is 2. The molecule has 29 heavy (non-hydrogen) atoms. The molecule has 2 atom stereocenters. The highest BCUT2D eigenvalue weighted by atomic mass is 19.3. The van der Waals surface area contributed by atoms with Gasteiger partial charge in [0, 0.05) is 47.4 Å². The minimum absolute atomic E-state index is 0.0736. The summed E-state index contributed by atoms with van der Waals surface area (Å²) < 4.78 is 29.3. The predicted molar refractivity (Wildman–Crippen MR) is 118 cm³/mol. The summed E-state index contributed by atoms with van der Waals surface area (Å²) in [5.74, 6) is -1.53. The molecular formula is C24H38F2N2O. The Morgan fingerprint density at radius 2 is 1.76 bits per heavy atom. The summed E-state index contributed by atoms with van der Waals surface area (Å²) in [6.07, 6.45) is 6.64. The van der Waals surface area contributed by atoms with Crippen LogP contribution in [0.4, 0.5) is 8.78 Å². The van der Waals surface area contributed by atoms with Crippen molar-refractivity contribution in [3.63, 3.8) is 0 Å². The number of fused-ring (bicyclic) bond motifs is 2. The Morgan fingerprint density at radius 1 is 1.17 bits per heavy atom. The molecule has 4 rings (SSSR count). The van der Waals surface area contributed by atoms with Gasteiger partial charge in [-0.05, 0) is 39.0 Å². The maximum Gasteiger partial charge on any atom is 0.261 e. The SMILES string of the molecule is CC.CCC.Cc1c(CN2CCC(F)(F)C2)n(C(C)C)c2c(c1=O)=CC1CC1C=2. The monoisotopic (exact) mass is 408 g/mol. The molecule has 1 aliphatic heterocycles. The van der Waals surface area contributed by atoms with Crippen molar-refractivity contribution in [1.29, 1.82) is 0 Å². The number of pyridine rings is 1. The molecule has 0 radical (unpaired) electrons. The molecule has 3 aliphatic rings.